The number of hydrogen-bond donors (Lipinski definition) is 3. The number of carboxylic acid groups (broad SMARTS) is 1. The molecule has 24 heavy (non-hydrogen) atoms. The van der Waals surface area contributed by atoms with Crippen LogP contribution in [0.3, 0.4) is 0 Å². The van der Waals surface area contributed by atoms with Gasteiger partial charge in [-0.05, 0) is 35.0 Å². The molecule has 0 spiro atoms. The maximum Gasteiger partial charge on any atom is 0.405 e. The first-order chi connectivity index (χ1) is 11.4. The molecule has 124 valence electrons. The summed E-state index contributed by atoms with van der Waals surface area (Å²) in [4.78, 5) is 28.4. The lowest BCUT2D eigenvalue weighted by Crippen LogP contribution is -2.32. The van der Waals surface area contributed by atoms with Crippen LogP contribution in [0, 0.1) is 0 Å². The summed E-state index contributed by atoms with van der Waals surface area (Å²) in [5.41, 5.74) is -0.0435. The highest BCUT2D eigenvalue weighted by molar-refractivity contribution is 9.10. The normalized spacial score (nSPS) is 12.3. The van der Waals surface area contributed by atoms with E-state index >= 15 is 0 Å². The molecule has 3 N–H and O–H groups in total. The molecule has 0 aliphatic rings. The van der Waals surface area contributed by atoms with E-state index < -0.39 is 17.7 Å². The van der Waals surface area contributed by atoms with Crippen LogP contribution in [0.5, 0.6) is 0 Å². The van der Waals surface area contributed by atoms with E-state index in [-0.39, 0.29) is 16.2 Å². The van der Waals surface area contributed by atoms with Crippen molar-refractivity contribution in [1.29, 1.82) is 0 Å². The lowest BCUT2D eigenvalue weighted by Gasteiger charge is -2.18. The molecule has 0 aliphatic carbocycles. The molecular formula is C14H11BrClN5O3. The van der Waals surface area contributed by atoms with Gasteiger partial charge in [0.2, 0.25) is 0 Å². The van der Waals surface area contributed by atoms with Gasteiger partial charge in [0, 0.05) is 0 Å². The highest BCUT2D eigenvalue weighted by Gasteiger charge is 2.22. The number of benzene rings is 1. The number of H-pyrrole nitrogens is 1. The minimum Gasteiger partial charge on any atom is -0.465 e. The van der Waals surface area contributed by atoms with Crippen LogP contribution in [0.15, 0.2) is 33.7 Å². The van der Waals surface area contributed by atoms with Gasteiger partial charge < -0.3 is 10.4 Å². The number of aromatic amines is 1. The zero-order valence-electron chi connectivity index (χ0n) is 12.2. The van der Waals surface area contributed by atoms with Crippen molar-refractivity contribution in [1.82, 2.24) is 25.1 Å². The Balaban J connectivity index is 2.39. The summed E-state index contributed by atoms with van der Waals surface area (Å²) in [5, 5.41) is 18.4. The Kier molecular flexibility index (Phi) is 4.29. The standard InChI is InChI=1S/C14H11BrClN5O3/c1-6(18-14(23)24)11-19-9-4-2-3-8(16)10(9)13(22)21(11)12-7(15)5-17-20-12/h2-6,18H,1H3,(H,17,20)(H,23,24). The van der Waals surface area contributed by atoms with Gasteiger partial charge in [-0.25, -0.2) is 14.3 Å². The fourth-order valence-electron chi connectivity index (χ4n) is 2.38. The molecule has 0 aliphatic heterocycles. The Hall–Kier alpha value is -2.39. The predicted molar refractivity (Wildman–Crippen MR) is 91.8 cm³/mol. The van der Waals surface area contributed by atoms with Crippen molar-refractivity contribution < 1.29 is 9.90 Å². The second-order valence-electron chi connectivity index (χ2n) is 4.98. The van der Waals surface area contributed by atoms with Crippen molar-refractivity contribution in [2.75, 3.05) is 0 Å². The van der Waals surface area contributed by atoms with E-state index in [2.05, 4.69) is 36.4 Å². The number of aromatic nitrogens is 4. The van der Waals surface area contributed by atoms with E-state index in [4.69, 9.17) is 16.7 Å². The molecule has 8 nitrogen and oxygen atoms in total. The Morgan fingerprint density at radius 3 is 2.88 bits per heavy atom. The molecule has 10 heteroatoms. The van der Waals surface area contributed by atoms with Gasteiger partial charge in [0.25, 0.3) is 5.56 Å². The SMILES string of the molecule is CC(NC(=O)O)c1nc2cccc(Cl)c2c(=O)n1-c1[nH]ncc1Br. The van der Waals surface area contributed by atoms with Crippen molar-refractivity contribution in [3.8, 4) is 5.82 Å². The summed E-state index contributed by atoms with van der Waals surface area (Å²) < 4.78 is 1.79. The first-order valence-electron chi connectivity index (χ1n) is 6.80. The third-order valence-corrected chi connectivity index (χ3v) is 4.29. The van der Waals surface area contributed by atoms with Crippen LogP contribution in [-0.4, -0.2) is 30.9 Å². The average Bonchev–Trinajstić information content (AvgIpc) is 2.92. The molecule has 1 atom stereocenters. The summed E-state index contributed by atoms with van der Waals surface area (Å²) in [6.07, 6.45) is 0.260. The molecular weight excluding hydrogens is 402 g/mol. The molecule has 0 saturated heterocycles. The fourth-order valence-corrected chi connectivity index (χ4v) is 3.00. The van der Waals surface area contributed by atoms with Crippen molar-refractivity contribution >= 4 is 44.5 Å². The molecule has 2 heterocycles. The average molecular weight is 413 g/mol. The van der Waals surface area contributed by atoms with E-state index in [0.717, 1.165) is 0 Å². The number of nitrogens with zero attached hydrogens (tertiary/aromatic N) is 3. The molecule has 0 fully saturated rings. The molecule has 1 aromatic carbocycles. The summed E-state index contributed by atoms with van der Waals surface area (Å²) in [6.45, 7) is 1.59. The number of nitrogens with one attached hydrogen (secondary N) is 2. The van der Waals surface area contributed by atoms with E-state index in [1.807, 2.05) is 0 Å². The number of hydrogen-bond acceptors (Lipinski definition) is 4. The number of fused-ring (bicyclic) bond motifs is 1. The molecule has 0 bridgehead atoms. The van der Waals surface area contributed by atoms with Gasteiger partial charge in [-0.3, -0.25) is 9.89 Å². The Labute approximate surface area is 148 Å². The smallest absolute Gasteiger partial charge is 0.405 e. The predicted octanol–water partition coefficient (Wildman–Crippen LogP) is 2.85. The van der Waals surface area contributed by atoms with Crippen LogP contribution < -0.4 is 10.9 Å². The monoisotopic (exact) mass is 411 g/mol. The van der Waals surface area contributed by atoms with E-state index in [0.29, 0.717) is 15.8 Å². The van der Waals surface area contributed by atoms with E-state index in [9.17, 15) is 9.59 Å². The van der Waals surface area contributed by atoms with Crippen LogP contribution in [0.1, 0.15) is 18.8 Å². The van der Waals surface area contributed by atoms with Crippen LogP contribution in [0.25, 0.3) is 16.7 Å². The molecule has 1 amide bonds. The quantitative estimate of drug-likeness (QED) is 0.612. The second-order valence-corrected chi connectivity index (χ2v) is 6.24. The summed E-state index contributed by atoms with van der Waals surface area (Å²) in [6, 6.07) is 4.17. The first-order valence-corrected chi connectivity index (χ1v) is 7.97. The largest absolute Gasteiger partial charge is 0.465 e. The molecule has 3 rings (SSSR count). The van der Waals surface area contributed by atoms with Crippen LogP contribution in [0.4, 0.5) is 4.79 Å². The summed E-state index contributed by atoms with van der Waals surface area (Å²) in [7, 11) is 0. The lowest BCUT2D eigenvalue weighted by molar-refractivity contribution is 0.190. The Bertz CT molecular complexity index is 1000. The van der Waals surface area contributed by atoms with Crippen molar-refractivity contribution in [3.63, 3.8) is 0 Å². The fraction of sp³-hybridized carbons (Fsp3) is 0.143. The lowest BCUT2D eigenvalue weighted by atomic mass is 10.2. The highest BCUT2D eigenvalue weighted by Crippen LogP contribution is 2.24. The minimum absolute atomic E-state index is 0.210. The van der Waals surface area contributed by atoms with E-state index in [1.54, 1.807) is 25.1 Å². The minimum atomic E-state index is -1.22. The van der Waals surface area contributed by atoms with Gasteiger partial charge in [-0.2, -0.15) is 5.10 Å². The van der Waals surface area contributed by atoms with Crippen LogP contribution in [0.2, 0.25) is 5.02 Å². The zero-order valence-corrected chi connectivity index (χ0v) is 14.6. The highest BCUT2D eigenvalue weighted by atomic mass is 79.9. The number of amides is 1. The molecule has 2 aromatic heterocycles. The van der Waals surface area contributed by atoms with Gasteiger partial charge in [-0.1, -0.05) is 17.7 Å². The summed E-state index contributed by atoms with van der Waals surface area (Å²) in [5.74, 6) is 0.547. The van der Waals surface area contributed by atoms with Gasteiger partial charge in [0.15, 0.2) is 5.82 Å². The van der Waals surface area contributed by atoms with Crippen molar-refractivity contribution in [2.24, 2.45) is 0 Å². The molecule has 3 aromatic rings. The third kappa shape index (κ3) is 2.76. The number of rotatable bonds is 3. The van der Waals surface area contributed by atoms with Crippen LogP contribution >= 0.6 is 27.5 Å². The Morgan fingerprint density at radius 2 is 2.25 bits per heavy atom. The van der Waals surface area contributed by atoms with Crippen molar-refractivity contribution in [2.45, 2.75) is 13.0 Å². The molecule has 0 saturated carbocycles. The maximum absolute atomic E-state index is 13.0. The van der Waals surface area contributed by atoms with Crippen molar-refractivity contribution in [3.05, 3.63) is 50.1 Å². The Morgan fingerprint density at radius 1 is 1.50 bits per heavy atom. The first kappa shape index (κ1) is 16.5. The number of carbonyl (C=O) groups is 1. The van der Waals surface area contributed by atoms with E-state index in [1.165, 1.54) is 10.8 Å². The van der Waals surface area contributed by atoms with Gasteiger partial charge in [-0.15, -0.1) is 0 Å². The third-order valence-electron chi connectivity index (χ3n) is 3.40. The summed E-state index contributed by atoms with van der Waals surface area (Å²) >= 11 is 9.45. The topological polar surface area (TPSA) is 113 Å². The maximum atomic E-state index is 13.0. The van der Waals surface area contributed by atoms with Crippen LogP contribution in [-0.2, 0) is 0 Å². The number of halogens is 2. The van der Waals surface area contributed by atoms with Gasteiger partial charge in [0.05, 0.1) is 32.6 Å². The van der Waals surface area contributed by atoms with Gasteiger partial charge in [0.1, 0.15) is 5.82 Å². The van der Waals surface area contributed by atoms with Gasteiger partial charge >= 0.3 is 6.09 Å². The molecule has 1 unspecified atom stereocenters. The molecule has 0 radical (unpaired) electrons. The second kappa shape index (κ2) is 6.25. The zero-order chi connectivity index (χ0) is 17.4.